The maximum Gasteiger partial charge on any atom is 0.433 e. The molecule has 1 aromatic carbocycles. The summed E-state index contributed by atoms with van der Waals surface area (Å²) in [5.41, 5.74) is 2.02. The Balaban J connectivity index is 3.33. The minimum atomic E-state index is -0.764. The van der Waals surface area contributed by atoms with Crippen LogP contribution in [0.4, 0.5) is 10.5 Å². The van der Waals surface area contributed by atoms with E-state index in [0.29, 0.717) is 10.8 Å². The molecular weight excluding hydrogens is 367 g/mol. The van der Waals surface area contributed by atoms with Gasteiger partial charge in [-0.1, -0.05) is 44.0 Å². The molecule has 8 heteroatoms. The fourth-order valence-corrected chi connectivity index (χ4v) is 2.21. The number of halogens is 2. The van der Waals surface area contributed by atoms with Crippen LogP contribution in [0.1, 0.15) is 41.5 Å². The van der Waals surface area contributed by atoms with E-state index in [-0.39, 0.29) is 29.3 Å². The van der Waals surface area contributed by atoms with Crippen LogP contribution >= 0.6 is 23.2 Å². The number of nitrogens with zero attached hydrogens (tertiary/aromatic N) is 1. The number of carbonyl (C=O) groups excluding carboxylic acids is 2. The van der Waals surface area contributed by atoms with Gasteiger partial charge in [0, 0.05) is 11.5 Å². The third kappa shape index (κ3) is 5.97. The van der Waals surface area contributed by atoms with Gasteiger partial charge in [-0.15, -0.1) is 0 Å². The van der Waals surface area contributed by atoms with Gasteiger partial charge in [0.15, 0.2) is 0 Å². The van der Waals surface area contributed by atoms with Crippen LogP contribution in [-0.2, 0) is 9.53 Å². The van der Waals surface area contributed by atoms with Crippen LogP contribution in [-0.4, -0.2) is 24.7 Å². The zero-order valence-electron chi connectivity index (χ0n) is 15.3. The number of rotatable bonds is 4. The first-order chi connectivity index (χ1) is 11.5. The molecule has 2 amide bonds. The number of nitrogens with one attached hydrogen (secondary N) is 1. The molecule has 0 atom stereocenters. The lowest BCUT2D eigenvalue weighted by Gasteiger charge is -2.27. The van der Waals surface area contributed by atoms with Gasteiger partial charge in [0.25, 0.3) is 0 Å². The van der Waals surface area contributed by atoms with Crippen LogP contribution in [0, 0.1) is 5.41 Å². The van der Waals surface area contributed by atoms with Gasteiger partial charge in [0.05, 0.1) is 28.4 Å². The molecular formula is C17H24Cl2N2O4. The van der Waals surface area contributed by atoms with Crippen LogP contribution in [0.3, 0.4) is 0 Å². The second-order valence-corrected chi connectivity index (χ2v) is 7.44. The summed E-state index contributed by atoms with van der Waals surface area (Å²) in [5, 5.41) is 1.43. The Bertz CT molecular complexity index is 642. The summed E-state index contributed by atoms with van der Waals surface area (Å²) in [6.07, 6.45) is -0.897. The summed E-state index contributed by atoms with van der Waals surface area (Å²) < 4.78 is 10.6. The number of hydrogen-bond donors (Lipinski definition) is 1. The Morgan fingerprint density at radius 1 is 1.20 bits per heavy atom. The molecule has 0 aliphatic heterocycles. The zero-order chi connectivity index (χ0) is 19.4. The minimum Gasteiger partial charge on any atom is -0.489 e. The predicted molar refractivity (Wildman–Crippen MR) is 99.3 cm³/mol. The van der Waals surface area contributed by atoms with Crippen LogP contribution in [0.5, 0.6) is 5.75 Å². The molecule has 0 spiro atoms. The fraction of sp³-hybridized carbons (Fsp3) is 0.529. The summed E-state index contributed by atoms with van der Waals surface area (Å²) in [5.74, 6) is -0.0340. The van der Waals surface area contributed by atoms with E-state index >= 15 is 0 Å². The van der Waals surface area contributed by atoms with Gasteiger partial charge in [0.1, 0.15) is 5.75 Å². The van der Waals surface area contributed by atoms with Crippen molar-refractivity contribution in [2.45, 2.75) is 47.6 Å². The molecule has 0 bridgehead atoms. The van der Waals surface area contributed by atoms with Crippen molar-refractivity contribution >= 4 is 40.9 Å². The topological polar surface area (TPSA) is 67.9 Å². The highest BCUT2D eigenvalue weighted by Gasteiger charge is 2.29. The van der Waals surface area contributed by atoms with Gasteiger partial charge >= 0.3 is 6.09 Å². The molecule has 0 unspecified atom stereocenters. The van der Waals surface area contributed by atoms with Gasteiger partial charge in [-0.05, 0) is 26.8 Å². The van der Waals surface area contributed by atoms with Crippen molar-refractivity contribution in [2.24, 2.45) is 5.41 Å². The lowest BCUT2D eigenvalue weighted by molar-refractivity contribution is -0.128. The number of carbonyl (C=O) groups is 2. The van der Waals surface area contributed by atoms with Crippen LogP contribution in [0.2, 0.25) is 10.0 Å². The number of hydrogen-bond acceptors (Lipinski definition) is 4. The van der Waals surface area contributed by atoms with Crippen LogP contribution in [0.15, 0.2) is 12.1 Å². The maximum atomic E-state index is 12.3. The van der Waals surface area contributed by atoms with E-state index in [9.17, 15) is 9.59 Å². The van der Waals surface area contributed by atoms with Crippen molar-refractivity contribution in [1.82, 2.24) is 5.43 Å². The highest BCUT2D eigenvalue weighted by Crippen LogP contribution is 2.36. The molecule has 1 rings (SSSR count). The quantitative estimate of drug-likeness (QED) is 0.748. The summed E-state index contributed by atoms with van der Waals surface area (Å²) in [6, 6.07) is 2.94. The van der Waals surface area contributed by atoms with Gasteiger partial charge < -0.3 is 9.47 Å². The molecule has 0 fully saturated rings. The Labute approximate surface area is 158 Å². The normalized spacial score (nSPS) is 11.2. The largest absolute Gasteiger partial charge is 0.489 e. The summed E-state index contributed by atoms with van der Waals surface area (Å²) in [6.45, 7) is 10.7. The van der Waals surface area contributed by atoms with E-state index in [4.69, 9.17) is 32.7 Å². The Morgan fingerprint density at radius 3 is 2.28 bits per heavy atom. The third-order valence-corrected chi connectivity index (χ3v) is 3.55. The molecule has 0 saturated heterocycles. The molecule has 1 aromatic rings. The molecule has 0 aliphatic carbocycles. The maximum absolute atomic E-state index is 12.3. The van der Waals surface area contributed by atoms with Gasteiger partial charge in [0.2, 0.25) is 5.91 Å². The van der Waals surface area contributed by atoms with E-state index < -0.39 is 11.5 Å². The zero-order valence-corrected chi connectivity index (χ0v) is 16.8. The number of ether oxygens (including phenoxy) is 2. The van der Waals surface area contributed by atoms with E-state index in [2.05, 4.69) is 5.43 Å². The molecule has 140 valence electrons. The average molecular weight is 391 g/mol. The lowest BCUT2D eigenvalue weighted by atomic mass is 9.96. The highest BCUT2D eigenvalue weighted by atomic mass is 35.5. The molecule has 0 aromatic heterocycles. The monoisotopic (exact) mass is 390 g/mol. The first kappa shape index (κ1) is 21.4. The van der Waals surface area contributed by atoms with Crippen molar-refractivity contribution in [2.75, 3.05) is 11.6 Å². The molecule has 1 N–H and O–H groups in total. The Hall–Kier alpha value is -1.66. The smallest absolute Gasteiger partial charge is 0.433 e. The summed E-state index contributed by atoms with van der Waals surface area (Å²) >= 11 is 12.4. The predicted octanol–water partition coefficient (Wildman–Crippen LogP) is 4.82. The SMILES string of the molecule is CCOC(=O)N(NC(=O)C(C)(C)C)c1cc(OC(C)C)c(Cl)cc1Cl. The van der Waals surface area contributed by atoms with Gasteiger partial charge in [-0.2, -0.15) is 5.01 Å². The molecule has 25 heavy (non-hydrogen) atoms. The van der Waals surface area contributed by atoms with Crippen LogP contribution in [0.25, 0.3) is 0 Å². The molecule has 0 saturated carbocycles. The third-order valence-electron chi connectivity index (χ3n) is 2.95. The standard InChI is InChI=1S/C17H24Cl2N2O4/c1-7-24-16(23)21(20-15(22)17(4,5)6)13-9-14(25-10(2)3)12(19)8-11(13)18/h8-10H,7H2,1-6H3,(H,20,22). The lowest BCUT2D eigenvalue weighted by Crippen LogP contribution is -2.50. The van der Waals surface area contributed by atoms with Gasteiger partial charge in [-0.3, -0.25) is 10.2 Å². The van der Waals surface area contributed by atoms with Gasteiger partial charge in [-0.25, -0.2) is 4.79 Å². The van der Waals surface area contributed by atoms with E-state index in [0.717, 1.165) is 5.01 Å². The van der Waals surface area contributed by atoms with Crippen molar-refractivity contribution in [3.05, 3.63) is 22.2 Å². The fourth-order valence-electron chi connectivity index (χ4n) is 1.70. The number of anilines is 1. The molecule has 0 aliphatic rings. The number of benzene rings is 1. The first-order valence-corrected chi connectivity index (χ1v) is 8.66. The summed E-state index contributed by atoms with van der Waals surface area (Å²) in [7, 11) is 0. The van der Waals surface area contributed by atoms with E-state index in [1.165, 1.54) is 12.1 Å². The molecule has 6 nitrogen and oxygen atoms in total. The van der Waals surface area contributed by atoms with Crippen molar-refractivity contribution < 1.29 is 19.1 Å². The minimum absolute atomic E-state index is 0.133. The van der Waals surface area contributed by atoms with Crippen LogP contribution < -0.4 is 15.2 Å². The Morgan fingerprint density at radius 2 is 1.80 bits per heavy atom. The highest BCUT2D eigenvalue weighted by molar-refractivity contribution is 6.37. The average Bonchev–Trinajstić information content (AvgIpc) is 2.46. The summed E-state index contributed by atoms with van der Waals surface area (Å²) in [4.78, 5) is 24.7. The second-order valence-electron chi connectivity index (χ2n) is 6.63. The second kappa shape index (κ2) is 8.63. The van der Waals surface area contributed by atoms with Crippen molar-refractivity contribution in [1.29, 1.82) is 0 Å². The van der Waals surface area contributed by atoms with Crippen molar-refractivity contribution in [3.63, 3.8) is 0 Å². The molecule has 0 radical (unpaired) electrons. The molecule has 0 heterocycles. The van der Waals surface area contributed by atoms with E-state index in [1.807, 2.05) is 13.8 Å². The van der Waals surface area contributed by atoms with E-state index in [1.54, 1.807) is 27.7 Å². The Kier molecular flexibility index (Phi) is 7.38. The first-order valence-electron chi connectivity index (χ1n) is 7.91. The van der Waals surface area contributed by atoms with Crippen molar-refractivity contribution in [3.8, 4) is 5.75 Å². The number of amides is 2. The number of hydrazine groups is 1.